The fourth-order valence-corrected chi connectivity index (χ4v) is 2.76. The SMILES string of the molecule is NC(c1cc2c(Cl)cccc2o1)c1cccc(Cl)c1Cl. The van der Waals surface area contributed by atoms with Crippen molar-refractivity contribution in [2.45, 2.75) is 6.04 Å². The molecule has 20 heavy (non-hydrogen) atoms. The Morgan fingerprint density at radius 3 is 2.40 bits per heavy atom. The maximum Gasteiger partial charge on any atom is 0.135 e. The van der Waals surface area contributed by atoms with E-state index in [1.165, 1.54) is 0 Å². The number of rotatable bonds is 2. The molecule has 3 aromatic rings. The summed E-state index contributed by atoms with van der Waals surface area (Å²) in [6, 6.07) is 12.2. The molecule has 0 fully saturated rings. The van der Waals surface area contributed by atoms with E-state index < -0.39 is 6.04 Å². The molecule has 1 unspecified atom stereocenters. The zero-order chi connectivity index (χ0) is 14.3. The van der Waals surface area contributed by atoms with Crippen molar-refractivity contribution in [1.29, 1.82) is 0 Å². The fourth-order valence-electron chi connectivity index (χ4n) is 2.11. The summed E-state index contributed by atoms with van der Waals surface area (Å²) in [5.41, 5.74) is 7.63. The van der Waals surface area contributed by atoms with Gasteiger partial charge in [0, 0.05) is 5.39 Å². The highest BCUT2D eigenvalue weighted by atomic mass is 35.5. The van der Waals surface area contributed by atoms with Crippen LogP contribution in [0.25, 0.3) is 11.0 Å². The van der Waals surface area contributed by atoms with Crippen molar-refractivity contribution in [1.82, 2.24) is 0 Å². The minimum Gasteiger partial charge on any atom is -0.459 e. The first kappa shape index (κ1) is 13.8. The van der Waals surface area contributed by atoms with Crippen molar-refractivity contribution >= 4 is 45.8 Å². The minimum atomic E-state index is -0.496. The van der Waals surface area contributed by atoms with Gasteiger partial charge in [0.05, 0.1) is 21.1 Å². The van der Waals surface area contributed by atoms with Gasteiger partial charge in [-0.05, 0) is 29.8 Å². The number of nitrogens with two attached hydrogens (primary N) is 1. The number of fused-ring (bicyclic) bond motifs is 1. The molecule has 0 radical (unpaired) electrons. The Bertz CT molecular complexity index is 782. The largest absolute Gasteiger partial charge is 0.459 e. The quantitative estimate of drug-likeness (QED) is 0.681. The van der Waals surface area contributed by atoms with E-state index >= 15 is 0 Å². The van der Waals surface area contributed by atoms with Crippen molar-refractivity contribution in [3.8, 4) is 0 Å². The molecule has 2 nitrogen and oxygen atoms in total. The van der Waals surface area contributed by atoms with Crippen LogP contribution < -0.4 is 5.73 Å². The minimum absolute atomic E-state index is 0.438. The topological polar surface area (TPSA) is 39.2 Å². The lowest BCUT2D eigenvalue weighted by Crippen LogP contribution is -2.11. The number of benzene rings is 2. The van der Waals surface area contributed by atoms with Crippen LogP contribution in [0.1, 0.15) is 17.4 Å². The van der Waals surface area contributed by atoms with Crippen molar-refractivity contribution in [3.63, 3.8) is 0 Å². The molecular formula is C15H10Cl3NO. The second-order valence-corrected chi connectivity index (χ2v) is 5.61. The van der Waals surface area contributed by atoms with Gasteiger partial charge >= 0.3 is 0 Å². The lowest BCUT2D eigenvalue weighted by molar-refractivity contribution is 0.525. The third-order valence-electron chi connectivity index (χ3n) is 3.15. The van der Waals surface area contributed by atoms with E-state index in [1.54, 1.807) is 18.2 Å². The average Bonchev–Trinajstić information content (AvgIpc) is 2.87. The van der Waals surface area contributed by atoms with E-state index in [-0.39, 0.29) is 0 Å². The van der Waals surface area contributed by atoms with Gasteiger partial charge in [0.1, 0.15) is 11.3 Å². The van der Waals surface area contributed by atoms with Crippen molar-refractivity contribution in [2.24, 2.45) is 5.73 Å². The first-order chi connectivity index (χ1) is 9.58. The molecule has 1 atom stereocenters. The molecule has 2 N–H and O–H groups in total. The van der Waals surface area contributed by atoms with Crippen LogP contribution in [0.5, 0.6) is 0 Å². The molecule has 5 heteroatoms. The summed E-state index contributed by atoms with van der Waals surface area (Å²) in [4.78, 5) is 0. The van der Waals surface area contributed by atoms with Crippen LogP contribution in [0, 0.1) is 0 Å². The van der Waals surface area contributed by atoms with Gasteiger partial charge in [-0.3, -0.25) is 0 Å². The zero-order valence-electron chi connectivity index (χ0n) is 10.2. The summed E-state index contributed by atoms with van der Waals surface area (Å²) in [5.74, 6) is 0.595. The Morgan fingerprint density at radius 2 is 1.65 bits per heavy atom. The molecule has 1 heterocycles. The Balaban J connectivity index is 2.10. The van der Waals surface area contributed by atoms with Gasteiger partial charge in [-0.15, -0.1) is 0 Å². The van der Waals surface area contributed by atoms with Crippen molar-refractivity contribution < 1.29 is 4.42 Å². The molecule has 102 valence electrons. The standard InChI is InChI=1S/C15H10Cl3NO/c16-10-4-2-6-12-9(10)7-13(20-12)15(19)8-3-1-5-11(17)14(8)18/h1-7,15H,19H2. The first-order valence-electron chi connectivity index (χ1n) is 5.95. The molecule has 3 rings (SSSR count). The predicted octanol–water partition coefficient (Wildman–Crippen LogP) is 5.44. The first-order valence-corrected chi connectivity index (χ1v) is 7.09. The molecule has 0 aliphatic heterocycles. The second kappa shape index (κ2) is 5.30. The van der Waals surface area contributed by atoms with Gasteiger partial charge in [0.25, 0.3) is 0 Å². The van der Waals surface area contributed by atoms with Crippen LogP contribution in [0.2, 0.25) is 15.1 Å². The second-order valence-electron chi connectivity index (χ2n) is 4.42. The van der Waals surface area contributed by atoms with Gasteiger partial charge in [-0.25, -0.2) is 0 Å². The molecule has 0 saturated carbocycles. The molecule has 2 aromatic carbocycles. The normalized spacial score (nSPS) is 12.8. The maximum atomic E-state index is 6.22. The lowest BCUT2D eigenvalue weighted by Gasteiger charge is -2.11. The van der Waals surface area contributed by atoms with E-state index in [4.69, 9.17) is 45.0 Å². The summed E-state index contributed by atoms with van der Waals surface area (Å²) in [6.45, 7) is 0. The van der Waals surface area contributed by atoms with Crippen LogP contribution in [0.15, 0.2) is 46.9 Å². The summed E-state index contributed by atoms with van der Waals surface area (Å²) in [7, 11) is 0. The number of furan rings is 1. The third kappa shape index (κ3) is 2.29. The Labute approximate surface area is 131 Å². The van der Waals surface area contributed by atoms with Gasteiger partial charge in [-0.1, -0.05) is 53.0 Å². The molecule has 0 aliphatic rings. The van der Waals surface area contributed by atoms with Crippen LogP contribution in [-0.2, 0) is 0 Å². The summed E-state index contributed by atoms with van der Waals surface area (Å²) in [5, 5.41) is 2.36. The molecule has 0 spiro atoms. The Hall–Kier alpha value is -1.19. The van der Waals surface area contributed by atoms with Gasteiger partial charge < -0.3 is 10.2 Å². The zero-order valence-corrected chi connectivity index (χ0v) is 12.5. The number of halogens is 3. The highest BCUT2D eigenvalue weighted by Crippen LogP contribution is 2.35. The van der Waals surface area contributed by atoms with E-state index in [0.29, 0.717) is 32.0 Å². The third-order valence-corrected chi connectivity index (χ3v) is 4.31. The monoisotopic (exact) mass is 325 g/mol. The van der Waals surface area contributed by atoms with Crippen LogP contribution >= 0.6 is 34.8 Å². The Kier molecular flexibility index (Phi) is 3.65. The van der Waals surface area contributed by atoms with Gasteiger partial charge in [0.2, 0.25) is 0 Å². The van der Waals surface area contributed by atoms with Crippen molar-refractivity contribution in [2.75, 3.05) is 0 Å². The Morgan fingerprint density at radius 1 is 0.950 bits per heavy atom. The maximum absolute atomic E-state index is 6.22. The van der Waals surface area contributed by atoms with Gasteiger partial charge in [-0.2, -0.15) is 0 Å². The molecule has 0 bridgehead atoms. The smallest absolute Gasteiger partial charge is 0.135 e. The van der Waals surface area contributed by atoms with E-state index in [2.05, 4.69) is 0 Å². The highest BCUT2D eigenvalue weighted by molar-refractivity contribution is 6.42. The van der Waals surface area contributed by atoms with Crippen molar-refractivity contribution in [3.05, 3.63) is 68.9 Å². The van der Waals surface area contributed by atoms with E-state index in [1.807, 2.05) is 24.3 Å². The fraction of sp³-hybridized carbons (Fsp3) is 0.0667. The predicted molar refractivity (Wildman–Crippen MR) is 83.7 cm³/mol. The van der Waals surface area contributed by atoms with Crippen LogP contribution in [-0.4, -0.2) is 0 Å². The van der Waals surface area contributed by atoms with E-state index in [9.17, 15) is 0 Å². The molecule has 0 saturated heterocycles. The number of hydrogen-bond acceptors (Lipinski definition) is 2. The van der Waals surface area contributed by atoms with Crippen LogP contribution in [0.3, 0.4) is 0 Å². The summed E-state index contributed by atoms with van der Waals surface area (Å²) in [6.07, 6.45) is 0. The highest BCUT2D eigenvalue weighted by Gasteiger charge is 2.18. The average molecular weight is 327 g/mol. The summed E-state index contributed by atoms with van der Waals surface area (Å²) < 4.78 is 5.75. The number of hydrogen-bond donors (Lipinski definition) is 1. The van der Waals surface area contributed by atoms with Gasteiger partial charge in [0.15, 0.2) is 0 Å². The van der Waals surface area contributed by atoms with Crippen LogP contribution in [0.4, 0.5) is 0 Å². The molecule has 0 amide bonds. The molecule has 0 aliphatic carbocycles. The molecule has 1 aromatic heterocycles. The molecular weight excluding hydrogens is 317 g/mol. The summed E-state index contributed by atoms with van der Waals surface area (Å²) >= 11 is 18.3. The lowest BCUT2D eigenvalue weighted by atomic mass is 10.1. The van der Waals surface area contributed by atoms with E-state index in [0.717, 1.165) is 5.39 Å².